The number of rotatable bonds is 1. The summed E-state index contributed by atoms with van der Waals surface area (Å²) in [5, 5.41) is 7.15. The van der Waals surface area contributed by atoms with Gasteiger partial charge >= 0.3 is 6.18 Å². The third-order valence-electron chi connectivity index (χ3n) is 3.59. The van der Waals surface area contributed by atoms with Crippen molar-refractivity contribution in [3.63, 3.8) is 0 Å². The number of nitrogens with zero attached hydrogens (tertiary/aromatic N) is 2. The van der Waals surface area contributed by atoms with Crippen molar-refractivity contribution in [1.82, 2.24) is 15.1 Å². The Morgan fingerprint density at radius 2 is 2.10 bits per heavy atom. The van der Waals surface area contributed by atoms with Crippen LogP contribution in [0.25, 0.3) is 11.3 Å². The van der Waals surface area contributed by atoms with Gasteiger partial charge in [0.1, 0.15) is 0 Å². The van der Waals surface area contributed by atoms with Gasteiger partial charge in [-0.05, 0) is 19.2 Å². The number of likely N-dealkylation sites (N-methyl/N-ethyl adjacent to an activating group) is 1. The van der Waals surface area contributed by atoms with Gasteiger partial charge in [0.2, 0.25) is 0 Å². The molecule has 0 unspecified atom stereocenters. The highest BCUT2D eigenvalue weighted by molar-refractivity contribution is 5.65. The highest BCUT2D eigenvalue weighted by atomic mass is 19.4. The van der Waals surface area contributed by atoms with Crippen molar-refractivity contribution in [3.05, 3.63) is 41.1 Å². The van der Waals surface area contributed by atoms with Crippen LogP contribution >= 0.6 is 0 Å². The number of hydrogen-bond acceptors (Lipinski definition) is 2. The Hall–Kier alpha value is -1.82. The lowest BCUT2D eigenvalue weighted by Crippen LogP contribution is -2.26. The summed E-state index contributed by atoms with van der Waals surface area (Å²) in [6, 6.07) is 5.33. The molecule has 1 aromatic heterocycles. The Bertz CT molecular complexity index is 631. The monoisotopic (exact) mass is 281 g/mol. The van der Waals surface area contributed by atoms with E-state index in [9.17, 15) is 13.2 Å². The number of H-pyrrole nitrogens is 1. The maximum absolute atomic E-state index is 12.8. The molecule has 0 bridgehead atoms. The minimum Gasteiger partial charge on any atom is -0.302 e. The summed E-state index contributed by atoms with van der Waals surface area (Å²) in [6.07, 6.45) is -3.49. The van der Waals surface area contributed by atoms with Crippen LogP contribution in [-0.4, -0.2) is 28.7 Å². The van der Waals surface area contributed by atoms with Gasteiger partial charge in [0.05, 0.1) is 11.3 Å². The van der Waals surface area contributed by atoms with E-state index in [1.54, 1.807) is 6.07 Å². The fourth-order valence-electron chi connectivity index (χ4n) is 2.51. The summed E-state index contributed by atoms with van der Waals surface area (Å²) in [5.41, 5.74) is 2.51. The number of alkyl halides is 3. The van der Waals surface area contributed by atoms with Gasteiger partial charge in [-0.3, -0.25) is 5.10 Å². The lowest BCUT2D eigenvalue weighted by molar-refractivity contribution is -0.137. The Labute approximate surface area is 114 Å². The second kappa shape index (κ2) is 4.63. The van der Waals surface area contributed by atoms with Crippen molar-refractivity contribution in [2.75, 3.05) is 13.6 Å². The molecule has 6 heteroatoms. The molecule has 0 amide bonds. The van der Waals surface area contributed by atoms with Gasteiger partial charge in [0, 0.05) is 36.3 Å². The van der Waals surface area contributed by atoms with Crippen LogP contribution in [0.1, 0.15) is 16.8 Å². The minimum absolute atomic E-state index is 0.507. The molecule has 2 heterocycles. The summed E-state index contributed by atoms with van der Waals surface area (Å²) in [7, 11) is 1.99. The van der Waals surface area contributed by atoms with Crippen LogP contribution in [0.4, 0.5) is 13.2 Å². The molecule has 0 fully saturated rings. The molecule has 1 aliphatic heterocycles. The highest BCUT2D eigenvalue weighted by Gasteiger charge is 2.31. The van der Waals surface area contributed by atoms with Crippen LogP contribution in [0.2, 0.25) is 0 Å². The van der Waals surface area contributed by atoms with Crippen molar-refractivity contribution in [2.24, 2.45) is 0 Å². The Morgan fingerprint density at radius 3 is 2.85 bits per heavy atom. The van der Waals surface area contributed by atoms with Gasteiger partial charge in [-0.15, -0.1) is 0 Å². The summed E-state index contributed by atoms with van der Waals surface area (Å²) >= 11 is 0. The quantitative estimate of drug-likeness (QED) is 0.871. The Balaban J connectivity index is 2.04. The number of nitrogens with one attached hydrogen (secondary N) is 1. The van der Waals surface area contributed by atoms with E-state index in [1.807, 2.05) is 7.05 Å². The topological polar surface area (TPSA) is 31.9 Å². The fourth-order valence-corrected chi connectivity index (χ4v) is 2.51. The molecule has 3 nitrogen and oxygen atoms in total. The summed E-state index contributed by atoms with van der Waals surface area (Å²) in [6.45, 7) is 1.63. The number of aromatic nitrogens is 2. The van der Waals surface area contributed by atoms with Gasteiger partial charge in [-0.1, -0.05) is 12.1 Å². The predicted molar refractivity (Wildman–Crippen MR) is 69.1 cm³/mol. The standard InChI is InChI=1S/C14H14F3N3/c1-20-6-5-12-11(8-20)13(19-18-12)9-3-2-4-10(7-9)14(15,16)17/h2-4,7H,5-6,8H2,1H3,(H,18,19). The normalized spacial score (nSPS) is 16.2. The van der Waals surface area contributed by atoms with Crippen LogP contribution in [0.5, 0.6) is 0 Å². The number of benzene rings is 1. The highest BCUT2D eigenvalue weighted by Crippen LogP contribution is 2.33. The first-order valence-corrected chi connectivity index (χ1v) is 6.37. The number of halogens is 3. The largest absolute Gasteiger partial charge is 0.416 e. The van der Waals surface area contributed by atoms with Crippen molar-refractivity contribution >= 4 is 0 Å². The van der Waals surface area contributed by atoms with Gasteiger partial charge in [0.25, 0.3) is 0 Å². The molecular formula is C14H14F3N3. The molecule has 106 valence electrons. The second-order valence-corrected chi connectivity index (χ2v) is 5.10. The SMILES string of the molecule is CN1CCc2[nH]nc(-c3cccc(C(F)(F)F)c3)c2C1. The first-order valence-electron chi connectivity index (χ1n) is 6.37. The average Bonchev–Trinajstić information content (AvgIpc) is 2.81. The molecule has 0 spiro atoms. The van der Waals surface area contributed by atoms with Crippen molar-refractivity contribution < 1.29 is 13.2 Å². The minimum atomic E-state index is -4.33. The zero-order valence-electron chi connectivity index (χ0n) is 11.0. The molecule has 3 rings (SSSR count). The summed E-state index contributed by atoms with van der Waals surface area (Å²) in [4.78, 5) is 2.13. The van der Waals surface area contributed by atoms with E-state index < -0.39 is 11.7 Å². The third-order valence-corrected chi connectivity index (χ3v) is 3.59. The maximum Gasteiger partial charge on any atom is 0.416 e. The van der Waals surface area contributed by atoms with E-state index in [-0.39, 0.29) is 0 Å². The van der Waals surface area contributed by atoms with Crippen molar-refractivity contribution in [1.29, 1.82) is 0 Å². The first kappa shape index (κ1) is 13.2. The van der Waals surface area contributed by atoms with E-state index in [2.05, 4.69) is 15.1 Å². The van der Waals surface area contributed by atoms with E-state index in [0.29, 0.717) is 17.8 Å². The molecule has 0 aliphatic carbocycles. The Morgan fingerprint density at radius 1 is 1.30 bits per heavy atom. The molecule has 0 atom stereocenters. The van der Waals surface area contributed by atoms with Gasteiger partial charge in [-0.25, -0.2) is 0 Å². The molecule has 2 aromatic rings. The molecule has 20 heavy (non-hydrogen) atoms. The van der Waals surface area contributed by atoms with Gasteiger partial charge in [-0.2, -0.15) is 18.3 Å². The van der Waals surface area contributed by atoms with Crippen molar-refractivity contribution in [3.8, 4) is 11.3 Å². The van der Waals surface area contributed by atoms with Gasteiger partial charge < -0.3 is 4.90 Å². The molecule has 1 aromatic carbocycles. The maximum atomic E-state index is 12.8. The average molecular weight is 281 g/mol. The third kappa shape index (κ3) is 2.31. The van der Waals surface area contributed by atoms with E-state index in [4.69, 9.17) is 0 Å². The van der Waals surface area contributed by atoms with Gasteiger partial charge in [0.15, 0.2) is 0 Å². The Kier molecular flexibility index (Phi) is 3.05. The zero-order valence-corrected chi connectivity index (χ0v) is 11.0. The fraction of sp³-hybridized carbons (Fsp3) is 0.357. The van der Waals surface area contributed by atoms with E-state index in [1.165, 1.54) is 6.07 Å². The predicted octanol–water partition coefficient (Wildman–Crippen LogP) is 3.08. The van der Waals surface area contributed by atoms with Crippen molar-refractivity contribution in [2.45, 2.75) is 19.1 Å². The molecule has 0 saturated carbocycles. The zero-order chi connectivity index (χ0) is 14.3. The second-order valence-electron chi connectivity index (χ2n) is 5.10. The van der Waals surface area contributed by atoms with E-state index >= 15 is 0 Å². The number of hydrogen-bond donors (Lipinski definition) is 1. The van der Waals surface area contributed by atoms with E-state index in [0.717, 1.165) is 36.4 Å². The van der Waals surface area contributed by atoms with Crippen LogP contribution in [0, 0.1) is 0 Å². The number of aromatic amines is 1. The lowest BCUT2D eigenvalue weighted by Gasteiger charge is -2.22. The molecule has 0 radical (unpaired) electrons. The van der Waals surface area contributed by atoms with Crippen LogP contribution in [0.15, 0.2) is 24.3 Å². The number of fused-ring (bicyclic) bond motifs is 1. The van der Waals surface area contributed by atoms with Crippen LogP contribution < -0.4 is 0 Å². The van der Waals surface area contributed by atoms with Crippen LogP contribution in [-0.2, 0) is 19.1 Å². The molecule has 1 N–H and O–H groups in total. The summed E-state index contributed by atoms with van der Waals surface area (Å²) in [5.74, 6) is 0. The van der Waals surface area contributed by atoms with Crippen LogP contribution in [0.3, 0.4) is 0 Å². The smallest absolute Gasteiger partial charge is 0.302 e. The summed E-state index contributed by atoms with van der Waals surface area (Å²) < 4.78 is 38.3. The molecule has 1 aliphatic rings. The molecule has 0 saturated heterocycles. The lowest BCUT2D eigenvalue weighted by atomic mass is 10.00. The first-order chi connectivity index (χ1) is 9.45. The molecular weight excluding hydrogens is 267 g/mol.